The number of hydrogen-bond acceptors (Lipinski definition) is 6. The summed E-state index contributed by atoms with van der Waals surface area (Å²) in [4.78, 5) is 39.5. The van der Waals surface area contributed by atoms with Gasteiger partial charge in [-0.3, -0.25) is 14.9 Å². The molecule has 10 heteroatoms. The molecule has 1 saturated heterocycles. The van der Waals surface area contributed by atoms with Crippen LogP contribution in [0.4, 0.5) is 10.5 Å². The van der Waals surface area contributed by atoms with Gasteiger partial charge in [0.25, 0.3) is 11.8 Å². The number of carbonyl (C=O) groups excluding carboxylic acids is 3. The fraction of sp³-hybridized carbons (Fsp3) is 0.207. The smallest absolute Gasteiger partial charge is 0.335 e. The first-order valence-corrected chi connectivity index (χ1v) is 13.5. The van der Waals surface area contributed by atoms with Crippen LogP contribution in [0.25, 0.3) is 6.08 Å². The van der Waals surface area contributed by atoms with Crippen molar-refractivity contribution in [3.05, 3.63) is 86.9 Å². The van der Waals surface area contributed by atoms with Crippen molar-refractivity contribution in [1.82, 2.24) is 5.32 Å². The lowest BCUT2D eigenvalue weighted by molar-refractivity contribution is -0.122. The molecule has 8 nitrogen and oxygen atoms in total. The van der Waals surface area contributed by atoms with E-state index in [4.69, 9.17) is 25.8 Å². The molecule has 0 aromatic heterocycles. The standard InChI is InChI=1S/C29H26BrClN2O6/c1-3-12-38-22-10-8-21(9-11-22)33-28(35)23(27(34)32-29(33)36)14-19-15-24(30)26(25(16-19)37-4-2)39-17-18-6-5-7-20(31)13-18/h5-11,13-16H,3-4,12,17H2,1-2H3,(H,32,34,36)/b23-14-. The van der Waals surface area contributed by atoms with Crippen molar-refractivity contribution in [3.8, 4) is 17.2 Å². The van der Waals surface area contributed by atoms with Crippen LogP contribution in [0.1, 0.15) is 31.4 Å². The summed E-state index contributed by atoms with van der Waals surface area (Å²) in [6, 6.07) is 16.4. The van der Waals surface area contributed by atoms with Crippen LogP contribution in [-0.4, -0.2) is 31.1 Å². The van der Waals surface area contributed by atoms with Crippen LogP contribution < -0.4 is 24.4 Å². The fourth-order valence-electron chi connectivity index (χ4n) is 3.83. The Labute approximate surface area is 239 Å². The summed E-state index contributed by atoms with van der Waals surface area (Å²) < 4.78 is 17.9. The van der Waals surface area contributed by atoms with E-state index in [1.165, 1.54) is 6.08 Å². The van der Waals surface area contributed by atoms with E-state index in [2.05, 4.69) is 21.2 Å². The molecule has 0 unspecified atom stereocenters. The van der Waals surface area contributed by atoms with Gasteiger partial charge in [-0.25, -0.2) is 9.69 Å². The minimum atomic E-state index is -0.828. The van der Waals surface area contributed by atoms with Crippen LogP contribution in [-0.2, 0) is 16.2 Å². The molecule has 3 aromatic rings. The van der Waals surface area contributed by atoms with E-state index in [-0.39, 0.29) is 12.2 Å². The first-order chi connectivity index (χ1) is 18.8. The average Bonchev–Trinajstić information content (AvgIpc) is 2.90. The zero-order valence-electron chi connectivity index (χ0n) is 21.3. The Morgan fingerprint density at radius 2 is 1.74 bits per heavy atom. The Morgan fingerprint density at radius 3 is 2.44 bits per heavy atom. The first kappa shape index (κ1) is 28.2. The van der Waals surface area contributed by atoms with Crippen LogP contribution in [0.5, 0.6) is 17.2 Å². The minimum Gasteiger partial charge on any atom is -0.494 e. The molecule has 1 fully saturated rings. The topological polar surface area (TPSA) is 94.2 Å². The lowest BCUT2D eigenvalue weighted by Gasteiger charge is -2.26. The molecule has 0 spiro atoms. The Hall–Kier alpha value is -3.82. The molecule has 0 atom stereocenters. The molecular weight excluding hydrogens is 588 g/mol. The van der Waals surface area contributed by atoms with E-state index >= 15 is 0 Å². The molecule has 0 saturated carbocycles. The number of halogens is 2. The summed E-state index contributed by atoms with van der Waals surface area (Å²) in [6.45, 7) is 4.99. The van der Waals surface area contributed by atoms with Gasteiger partial charge in [0.2, 0.25) is 0 Å². The molecule has 4 rings (SSSR count). The lowest BCUT2D eigenvalue weighted by atomic mass is 10.1. The van der Waals surface area contributed by atoms with E-state index in [1.54, 1.807) is 48.5 Å². The second-order valence-electron chi connectivity index (χ2n) is 8.48. The number of nitrogens with one attached hydrogen (secondary N) is 1. The summed E-state index contributed by atoms with van der Waals surface area (Å²) in [5.41, 5.74) is 1.47. The summed E-state index contributed by atoms with van der Waals surface area (Å²) in [6.07, 6.45) is 2.25. The monoisotopic (exact) mass is 612 g/mol. The highest BCUT2D eigenvalue weighted by molar-refractivity contribution is 9.10. The van der Waals surface area contributed by atoms with Gasteiger partial charge in [-0.1, -0.05) is 30.7 Å². The van der Waals surface area contributed by atoms with Gasteiger partial charge in [0, 0.05) is 5.02 Å². The number of benzene rings is 3. The SMILES string of the molecule is CCCOc1ccc(N2C(=O)NC(=O)/C(=C/c3cc(Br)c(OCc4cccc(Cl)c4)c(OCC)c3)C2=O)cc1. The molecule has 0 radical (unpaired) electrons. The van der Waals surface area contributed by atoms with Gasteiger partial charge < -0.3 is 14.2 Å². The van der Waals surface area contributed by atoms with Crippen molar-refractivity contribution in [1.29, 1.82) is 0 Å². The number of barbiturate groups is 1. The van der Waals surface area contributed by atoms with Gasteiger partial charge in [-0.15, -0.1) is 0 Å². The third-order valence-corrected chi connectivity index (χ3v) is 6.41. The molecule has 39 heavy (non-hydrogen) atoms. The average molecular weight is 614 g/mol. The van der Waals surface area contributed by atoms with E-state index in [9.17, 15) is 14.4 Å². The number of amides is 4. The molecule has 0 aliphatic carbocycles. The van der Waals surface area contributed by atoms with Crippen LogP contribution in [0, 0.1) is 0 Å². The number of urea groups is 1. The molecular formula is C29H26BrClN2O6. The summed E-state index contributed by atoms with van der Waals surface area (Å²) in [7, 11) is 0. The largest absolute Gasteiger partial charge is 0.494 e. The second-order valence-corrected chi connectivity index (χ2v) is 9.77. The number of hydrogen-bond donors (Lipinski definition) is 1. The minimum absolute atomic E-state index is 0.206. The molecule has 202 valence electrons. The van der Waals surface area contributed by atoms with Gasteiger partial charge in [0.1, 0.15) is 17.9 Å². The Balaban J connectivity index is 1.61. The summed E-state index contributed by atoms with van der Waals surface area (Å²) in [5.74, 6) is -0.0512. The van der Waals surface area contributed by atoms with Gasteiger partial charge >= 0.3 is 6.03 Å². The molecule has 0 bridgehead atoms. The van der Waals surface area contributed by atoms with E-state index in [0.29, 0.717) is 51.2 Å². The maximum absolute atomic E-state index is 13.3. The quantitative estimate of drug-likeness (QED) is 0.206. The van der Waals surface area contributed by atoms with Crippen molar-refractivity contribution < 1.29 is 28.6 Å². The predicted molar refractivity (Wildman–Crippen MR) is 152 cm³/mol. The highest BCUT2D eigenvalue weighted by Crippen LogP contribution is 2.38. The van der Waals surface area contributed by atoms with Gasteiger partial charge in [0.15, 0.2) is 11.5 Å². The molecule has 3 aromatic carbocycles. The number of nitrogens with zero attached hydrogens (tertiary/aromatic N) is 1. The fourth-order valence-corrected chi connectivity index (χ4v) is 4.61. The normalized spacial score (nSPS) is 14.4. The predicted octanol–water partition coefficient (Wildman–Crippen LogP) is 6.54. The third-order valence-electron chi connectivity index (χ3n) is 5.58. The maximum atomic E-state index is 13.3. The van der Waals surface area contributed by atoms with E-state index in [1.807, 2.05) is 26.0 Å². The molecule has 1 heterocycles. The Morgan fingerprint density at radius 1 is 0.974 bits per heavy atom. The van der Waals surface area contributed by atoms with E-state index < -0.39 is 17.8 Å². The van der Waals surface area contributed by atoms with Crippen LogP contribution in [0.15, 0.2) is 70.7 Å². The molecule has 4 amide bonds. The van der Waals surface area contributed by atoms with Crippen molar-refractivity contribution in [2.45, 2.75) is 26.9 Å². The van der Waals surface area contributed by atoms with Crippen molar-refractivity contribution in [2.24, 2.45) is 0 Å². The first-order valence-electron chi connectivity index (χ1n) is 12.3. The number of rotatable bonds is 10. The zero-order chi connectivity index (χ0) is 27.9. The third kappa shape index (κ3) is 6.79. The zero-order valence-corrected chi connectivity index (χ0v) is 23.7. The van der Waals surface area contributed by atoms with E-state index in [0.717, 1.165) is 16.9 Å². The highest BCUT2D eigenvalue weighted by atomic mass is 79.9. The lowest BCUT2D eigenvalue weighted by Crippen LogP contribution is -2.54. The molecule has 1 N–H and O–H groups in total. The highest BCUT2D eigenvalue weighted by Gasteiger charge is 2.37. The maximum Gasteiger partial charge on any atom is 0.335 e. The van der Waals surface area contributed by atoms with Crippen molar-refractivity contribution in [3.63, 3.8) is 0 Å². The molecule has 1 aliphatic rings. The number of carbonyl (C=O) groups is 3. The van der Waals surface area contributed by atoms with Gasteiger partial charge in [-0.2, -0.15) is 0 Å². The molecule has 1 aliphatic heterocycles. The number of ether oxygens (including phenoxy) is 3. The summed E-state index contributed by atoms with van der Waals surface area (Å²) >= 11 is 9.58. The second kappa shape index (κ2) is 12.8. The van der Waals surface area contributed by atoms with Crippen LogP contribution in [0.2, 0.25) is 5.02 Å². The van der Waals surface area contributed by atoms with Crippen LogP contribution in [0.3, 0.4) is 0 Å². The van der Waals surface area contributed by atoms with Gasteiger partial charge in [-0.05, 0) is 95.0 Å². The van der Waals surface area contributed by atoms with Gasteiger partial charge in [0.05, 0.1) is 23.4 Å². The number of imide groups is 2. The Kier molecular flexibility index (Phi) is 9.27. The number of anilines is 1. The van der Waals surface area contributed by atoms with Crippen molar-refractivity contribution in [2.75, 3.05) is 18.1 Å². The van der Waals surface area contributed by atoms with Crippen molar-refractivity contribution >= 4 is 57.1 Å². The Bertz CT molecular complexity index is 1420. The summed E-state index contributed by atoms with van der Waals surface area (Å²) in [5, 5.41) is 2.84. The van der Waals surface area contributed by atoms with Crippen LogP contribution >= 0.6 is 27.5 Å².